The normalized spacial score (nSPS) is 11.8. The molecule has 1 atom stereocenters. The Hall–Kier alpha value is -3.03. The van der Waals surface area contributed by atoms with E-state index in [2.05, 4.69) is 5.32 Å². The molecular weight excluding hydrogens is 330 g/mol. The van der Waals surface area contributed by atoms with E-state index in [9.17, 15) is 14.4 Å². The van der Waals surface area contributed by atoms with Crippen molar-refractivity contribution in [2.75, 3.05) is 14.2 Å². The Kier molecular flexibility index (Phi) is 5.31. The molecule has 0 aliphatic carbocycles. The molecule has 1 amide bonds. The van der Waals surface area contributed by atoms with Gasteiger partial charge in [-0.2, -0.15) is 0 Å². The Balaban J connectivity index is 2.46. The van der Waals surface area contributed by atoms with Gasteiger partial charge in [-0.1, -0.05) is 0 Å². The second kappa shape index (κ2) is 7.25. The lowest BCUT2D eigenvalue weighted by Gasteiger charge is -2.13. The Morgan fingerprint density at radius 2 is 1.84 bits per heavy atom. The van der Waals surface area contributed by atoms with Crippen molar-refractivity contribution in [2.24, 2.45) is 0 Å². The molecule has 0 radical (unpaired) electrons. The van der Waals surface area contributed by atoms with Crippen LogP contribution in [0.1, 0.15) is 18.1 Å². The molecule has 1 aromatic carbocycles. The summed E-state index contributed by atoms with van der Waals surface area (Å²) < 4.78 is 15.7. The largest absolute Gasteiger partial charge is 0.493 e. The number of carboxylic acid groups (broad SMARTS) is 1. The fourth-order valence-electron chi connectivity index (χ4n) is 2.43. The number of ether oxygens (including phenoxy) is 2. The third-order valence-corrected chi connectivity index (χ3v) is 3.88. The molecule has 0 aliphatic rings. The molecule has 0 unspecified atom stereocenters. The second-order valence-corrected chi connectivity index (χ2v) is 5.50. The van der Waals surface area contributed by atoms with E-state index in [1.165, 1.54) is 21.1 Å². The Labute approximate surface area is 143 Å². The molecule has 0 bridgehead atoms. The van der Waals surface area contributed by atoms with Crippen molar-refractivity contribution >= 4 is 22.8 Å². The number of methoxy groups -OCH3 is 2. The van der Waals surface area contributed by atoms with Gasteiger partial charge < -0.3 is 24.3 Å². The van der Waals surface area contributed by atoms with E-state index in [0.29, 0.717) is 28.0 Å². The van der Waals surface area contributed by atoms with Crippen molar-refractivity contribution in [1.29, 1.82) is 0 Å². The summed E-state index contributed by atoms with van der Waals surface area (Å²) in [6.07, 6.45) is -0.282. The minimum atomic E-state index is -1.16. The number of aliphatic carboxylic acids is 1. The van der Waals surface area contributed by atoms with Gasteiger partial charge in [0.05, 0.1) is 26.2 Å². The minimum Gasteiger partial charge on any atom is -0.493 e. The molecular formula is C17H19NO7. The van der Waals surface area contributed by atoms with Gasteiger partial charge >= 0.3 is 11.6 Å². The van der Waals surface area contributed by atoms with E-state index in [0.717, 1.165) is 0 Å². The number of amides is 1. The number of hydrogen-bond acceptors (Lipinski definition) is 6. The first-order valence-corrected chi connectivity index (χ1v) is 7.49. The fraction of sp³-hybridized carbons (Fsp3) is 0.353. The number of benzene rings is 1. The summed E-state index contributed by atoms with van der Waals surface area (Å²) in [5, 5.41) is 11.7. The summed E-state index contributed by atoms with van der Waals surface area (Å²) in [5.74, 6) is -0.863. The maximum absolute atomic E-state index is 12.2. The third kappa shape index (κ3) is 3.73. The van der Waals surface area contributed by atoms with Crippen LogP contribution in [-0.2, 0) is 16.0 Å². The van der Waals surface area contributed by atoms with Gasteiger partial charge in [0.25, 0.3) is 0 Å². The summed E-state index contributed by atoms with van der Waals surface area (Å²) >= 11 is 0. The van der Waals surface area contributed by atoms with Crippen LogP contribution in [0.2, 0.25) is 0 Å². The van der Waals surface area contributed by atoms with Crippen molar-refractivity contribution in [3.8, 4) is 11.5 Å². The van der Waals surface area contributed by atoms with Crippen molar-refractivity contribution < 1.29 is 28.6 Å². The van der Waals surface area contributed by atoms with Crippen LogP contribution in [0.15, 0.2) is 21.3 Å². The molecule has 25 heavy (non-hydrogen) atoms. The molecule has 0 saturated heterocycles. The molecule has 2 aromatic rings. The Morgan fingerprint density at radius 3 is 2.40 bits per heavy atom. The molecule has 1 heterocycles. The van der Waals surface area contributed by atoms with Gasteiger partial charge in [0.15, 0.2) is 11.5 Å². The molecule has 8 heteroatoms. The third-order valence-electron chi connectivity index (χ3n) is 3.88. The highest BCUT2D eigenvalue weighted by Crippen LogP contribution is 2.33. The molecule has 0 aliphatic heterocycles. The van der Waals surface area contributed by atoms with Crippen molar-refractivity contribution in [2.45, 2.75) is 26.3 Å². The molecule has 0 fully saturated rings. The lowest BCUT2D eigenvalue weighted by Crippen LogP contribution is -2.39. The van der Waals surface area contributed by atoms with Gasteiger partial charge in [0.2, 0.25) is 5.91 Å². The van der Waals surface area contributed by atoms with Crippen molar-refractivity contribution in [3.63, 3.8) is 0 Å². The monoisotopic (exact) mass is 349 g/mol. The molecule has 0 spiro atoms. The van der Waals surface area contributed by atoms with Gasteiger partial charge in [-0.15, -0.1) is 0 Å². The average Bonchev–Trinajstić information content (AvgIpc) is 2.57. The Bertz CT molecular complexity index is 885. The van der Waals surface area contributed by atoms with Gasteiger partial charge in [0, 0.05) is 11.5 Å². The number of hydrogen-bond donors (Lipinski definition) is 2. The van der Waals surface area contributed by atoms with E-state index < -0.39 is 23.5 Å². The van der Waals surface area contributed by atoms with E-state index in [1.807, 2.05) is 0 Å². The first-order valence-electron chi connectivity index (χ1n) is 7.49. The number of carboxylic acids is 1. The molecule has 1 aromatic heterocycles. The van der Waals surface area contributed by atoms with Crippen LogP contribution in [0.25, 0.3) is 11.0 Å². The van der Waals surface area contributed by atoms with Crippen LogP contribution < -0.4 is 20.4 Å². The lowest BCUT2D eigenvalue weighted by molar-refractivity contribution is -0.141. The summed E-state index contributed by atoms with van der Waals surface area (Å²) in [6, 6.07) is 2.15. The quantitative estimate of drug-likeness (QED) is 0.754. The van der Waals surface area contributed by atoms with Crippen LogP contribution >= 0.6 is 0 Å². The van der Waals surface area contributed by atoms with Gasteiger partial charge in [-0.25, -0.2) is 4.79 Å². The SMILES string of the molecule is COc1cc2oc(=O)c(CC(=O)N[C@@H](C)C(=O)O)c(C)c2cc1OC. The highest BCUT2D eigenvalue weighted by Gasteiger charge is 2.19. The van der Waals surface area contributed by atoms with Crippen molar-refractivity contribution in [1.82, 2.24) is 5.32 Å². The number of carbonyl (C=O) groups excluding carboxylic acids is 1. The minimum absolute atomic E-state index is 0.162. The topological polar surface area (TPSA) is 115 Å². The average molecular weight is 349 g/mol. The second-order valence-electron chi connectivity index (χ2n) is 5.50. The fourth-order valence-corrected chi connectivity index (χ4v) is 2.43. The predicted octanol–water partition coefficient (Wildman–Crippen LogP) is 1.25. The van der Waals surface area contributed by atoms with Crippen LogP contribution in [0.5, 0.6) is 11.5 Å². The highest BCUT2D eigenvalue weighted by atomic mass is 16.5. The van der Waals surface area contributed by atoms with Gasteiger partial charge in [0.1, 0.15) is 11.6 Å². The number of nitrogens with one attached hydrogen (secondary N) is 1. The van der Waals surface area contributed by atoms with Crippen LogP contribution in [0, 0.1) is 6.92 Å². The summed E-state index contributed by atoms with van der Waals surface area (Å²) in [4.78, 5) is 35.0. The van der Waals surface area contributed by atoms with Gasteiger partial charge in [-0.3, -0.25) is 9.59 Å². The molecule has 0 saturated carbocycles. The first kappa shape index (κ1) is 18.3. The van der Waals surface area contributed by atoms with E-state index in [-0.39, 0.29) is 12.0 Å². The zero-order chi connectivity index (χ0) is 18.7. The number of fused-ring (bicyclic) bond motifs is 1. The molecule has 134 valence electrons. The van der Waals surface area contributed by atoms with Gasteiger partial charge in [-0.05, 0) is 25.5 Å². The maximum Gasteiger partial charge on any atom is 0.340 e. The lowest BCUT2D eigenvalue weighted by atomic mass is 10.0. The number of rotatable bonds is 6. The zero-order valence-corrected chi connectivity index (χ0v) is 14.3. The van der Waals surface area contributed by atoms with E-state index in [1.54, 1.807) is 19.1 Å². The standard InChI is InChI=1S/C17H19NO7/c1-8-10-5-13(23-3)14(24-4)7-12(10)25-17(22)11(8)6-15(19)18-9(2)16(20)21/h5,7,9H,6H2,1-4H3,(H,18,19)(H,20,21)/t9-/m0/s1. The highest BCUT2D eigenvalue weighted by molar-refractivity contribution is 5.88. The summed E-state index contributed by atoms with van der Waals surface area (Å²) in [7, 11) is 2.96. The first-order chi connectivity index (χ1) is 11.8. The number of carbonyl (C=O) groups is 2. The molecule has 2 rings (SSSR count). The van der Waals surface area contributed by atoms with Crippen molar-refractivity contribution in [3.05, 3.63) is 33.7 Å². The summed E-state index contributed by atoms with van der Waals surface area (Å²) in [6.45, 7) is 3.03. The van der Waals surface area contributed by atoms with E-state index in [4.69, 9.17) is 19.0 Å². The number of aryl methyl sites for hydroxylation is 1. The molecule has 8 nitrogen and oxygen atoms in total. The Morgan fingerprint density at radius 1 is 1.24 bits per heavy atom. The van der Waals surface area contributed by atoms with Crippen LogP contribution in [0.3, 0.4) is 0 Å². The molecule has 2 N–H and O–H groups in total. The smallest absolute Gasteiger partial charge is 0.340 e. The van der Waals surface area contributed by atoms with Crippen LogP contribution in [0.4, 0.5) is 0 Å². The zero-order valence-electron chi connectivity index (χ0n) is 14.3. The van der Waals surface area contributed by atoms with E-state index >= 15 is 0 Å². The predicted molar refractivity (Wildman–Crippen MR) is 89.3 cm³/mol. The maximum atomic E-state index is 12.2. The summed E-state index contributed by atoms with van der Waals surface area (Å²) in [5.41, 5.74) is 0.374. The van der Waals surface area contributed by atoms with Crippen LogP contribution in [-0.4, -0.2) is 37.2 Å².